The van der Waals surface area contributed by atoms with Crippen LogP contribution in [-0.4, -0.2) is 52.1 Å². The van der Waals surface area contributed by atoms with Crippen molar-refractivity contribution in [3.05, 3.63) is 0 Å². The normalized spacial score (nSPS) is 14.8. The standard InChI is InChI=1S/C15H27N3O6/c1-7(2)5-10(15(23)24)17-14(22)12(8(3)4)18-13(21)9(16)6-11(19)20/h7-10,12H,5-6,16H2,1-4H3,(H,17,22)(H,18,21)(H,19,20)(H,23,24). The van der Waals surface area contributed by atoms with E-state index < -0.39 is 48.3 Å². The van der Waals surface area contributed by atoms with Gasteiger partial charge in [-0.3, -0.25) is 14.4 Å². The van der Waals surface area contributed by atoms with Crippen LogP contribution in [0, 0.1) is 11.8 Å². The summed E-state index contributed by atoms with van der Waals surface area (Å²) < 4.78 is 0. The Bertz CT molecular complexity index is 478. The minimum atomic E-state index is -1.29. The van der Waals surface area contributed by atoms with Gasteiger partial charge in [-0.15, -0.1) is 0 Å². The van der Waals surface area contributed by atoms with Gasteiger partial charge >= 0.3 is 11.9 Å². The van der Waals surface area contributed by atoms with E-state index in [9.17, 15) is 24.3 Å². The van der Waals surface area contributed by atoms with Crippen molar-refractivity contribution >= 4 is 23.8 Å². The fraction of sp³-hybridized carbons (Fsp3) is 0.733. The van der Waals surface area contributed by atoms with Crippen LogP contribution >= 0.6 is 0 Å². The molecule has 0 spiro atoms. The Hall–Kier alpha value is -2.16. The first kappa shape index (κ1) is 21.8. The molecule has 0 aliphatic heterocycles. The summed E-state index contributed by atoms with van der Waals surface area (Å²) in [7, 11) is 0. The van der Waals surface area contributed by atoms with E-state index in [4.69, 9.17) is 10.8 Å². The van der Waals surface area contributed by atoms with Crippen molar-refractivity contribution in [2.24, 2.45) is 17.6 Å². The Balaban J connectivity index is 4.97. The molecule has 0 aliphatic rings. The third-order valence-corrected chi connectivity index (χ3v) is 3.30. The zero-order valence-electron chi connectivity index (χ0n) is 14.4. The molecule has 0 aromatic rings. The average Bonchev–Trinajstić information content (AvgIpc) is 2.41. The molecule has 3 atom stereocenters. The second-order valence-electron chi connectivity index (χ2n) is 6.46. The van der Waals surface area contributed by atoms with Crippen molar-refractivity contribution in [3.63, 3.8) is 0 Å². The summed E-state index contributed by atoms with van der Waals surface area (Å²) in [6.45, 7) is 7.00. The predicted molar refractivity (Wildman–Crippen MR) is 86.0 cm³/mol. The molecule has 0 saturated heterocycles. The van der Waals surface area contributed by atoms with Gasteiger partial charge in [0.1, 0.15) is 12.1 Å². The van der Waals surface area contributed by atoms with Crippen molar-refractivity contribution < 1.29 is 29.4 Å². The van der Waals surface area contributed by atoms with Crippen LogP contribution in [0.2, 0.25) is 0 Å². The number of hydrogen-bond acceptors (Lipinski definition) is 5. The van der Waals surface area contributed by atoms with Crippen LogP contribution in [0.25, 0.3) is 0 Å². The summed E-state index contributed by atoms with van der Waals surface area (Å²) in [6, 6.07) is -3.36. The molecule has 0 fully saturated rings. The molecule has 2 amide bonds. The van der Waals surface area contributed by atoms with E-state index >= 15 is 0 Å². The highest BCUT2D eigenvalue weighted by Gasteiger charge is 2.30. The molecule has 9 nitrogen and oxygen atoms in total. The quantitative estimate of drug-likeness (QED) is 0.358. The van der Waals surface area contributed by atoms with E-state index in [1.807, 2.05) is 13.8 Å². The fourth-order valence-electron chi connectivity index (χ4n) is 2.03. The van der Waals surface area contributed by atoms with Crippen molar-refractivity contribution in [1.82, 2.24) is 10.6 Å². The fourth-order valence-corrected chi connectivity index (χ4v) is 2.03. The zero-order valence-corrected chi connectivity index (χ0v) is 14.4. The van der Waals surface area contributed by atoms with E-state index in [1.54, 1.807) is 13.8 Å². The number of carboxylic acid groups (broad SMARTS) is 2. The van der Waals surface area contributed by atoms with Gasteiger partial charge in [-0.25, -0.2) is 4.79 Å². The molecule has 0 aromatic carbocycles. The molecule has 0 aromatic heterocycles. The Morgan fingerprint density at radius 2 is 1.50 bits per heavy atom. The number of hydrogen-bond donors (Lipinski definition) is 5. The third kappa shape index (κ3) is 7.91. The Kier molecular flexibility index (Phi) is 8.97. The summed E-state index contributed by atoms with van der Waals surface area (Å²) in [4.78, 5) is 46.0. The van der Waals surface area contributed by atoms with Gasteiger partial charge < -0.3 is 26.6 Å². The number of nitrogens with one attached hydrogen (secondary N) is 2. The summed E-state index contributed by atoms with van der Waals surface area (Å²) >= 11 is 0. The minimum absolute atomic E-state index is 0.0579. The monoisotopic (exact) mass is 345 g/mol. The number of aliphatic carboxylic acids is 2. The Morgan fingerprint density at radius 3 is 1.88 bits per heavy atom. The molecule has 0 heterocycles. The number of carbonyl (C=O) groups is 4. The topological polar surface area (TPSA) is 159 Å². The molecule has 0 radical (unpaired) electrons. The van der Waals surface area contributed by atoms with Crippen LogP contribution in [0.5, 0.6) is 0 Å². The van der Waals surface area contributed by atoms with Crippen molar-refractivity contribution in [3.8, 4) is 0 Å². The molecule has 9 heteroatoms. The van der Waals surface area contributed by atoms with Crippen LogP contribution in [0.1, 0.15) is 40.5 Å². The summed E-state index contributed by atoms with van der Waals surface area (Å²) in [5.41, 5.74) is 5.46. The average molecular weight is 345 g/mol. The van der Waals surface area contributed by atoms with Crippen molar-refractivity contribution in [2.45, 2.75) is 58.7 Å². The molecular weight excluding hydrogens is 318 g/mol. The molecule has 0 rings (SSSR count). The summed E-state index contributed by atoms with van der Waals surface area (Å²) in [5.74, 6) is -4.09. The lowest BCUT2D eigenvalue weighted by Gasteiger charge is -2.25. The third-order valence-electron chi connectivity index (χ3n) is 3.30. The van der Waals surface area contributed by atoms with Crippen LogP contribution in [0.4, 0.5) is 0 Å². The maximum atomic E-state index is 12.3. The van der Waals surface area contributed by atoms with Gasteiger partial charge in [0.05, 0.1) is 12.5 Å². The molecule has 6 N–H and O–H groups in total. The van der Waals surface area contributed by atoms with Gasteiger partial charge in [-0.2, -0.15) is 0 Å². The van der Waals surface area contributed by atoms with Crippen LogP contribution in [0.3, 0.4) is 0 Å². The van der Waals surface area contributed by atoms with E-state index in [2.05, 4.69) is 10.6 Å². The Morgan fingerprint density at radius 1 is 0.958 bits per heavy atom. The maximum Gasteiger partial charge on any atom is 0.326 e. The predicted octanol–water partition coefficient (Wildman–Crippen LogP) is -0.455. The molecule has 24 heavy (non-hydrogen) atoms. The summed E-state index contributed by atoms with van der Waals surface area (Å²) in [6.07, 6.45) is -0.318. The highest BCUT2D eigenvalue weighted by atomic mass is 16.4. The first-order valence-electron chi connectivity index (χ1n) is 7.76. The molecule has 0 bridgehead atoms. The van der Waals surface area contributed by atoms with E-state index in [-0.39, 0.29) is 18.3 Å². The first-order valence-corrected chi connectivity index (χ1v) is 7.76. The lowest BCUT2D eigenvalue weighted by atomic mass is 10.00. The molecule has 3 unspecified atom stereocenters. The number of carbonyl (C=O) groups excluding carboxylic acids is 2. The highest BCUT2D eigenvalue weighted by molar-refractivity contribution is 5.93. The van der Waals surface area contributed by atoms with Crippen LogP contribution in [0.15, 0.2) is 0 Å². The summed E-state index contributed by atoms with van der Waals surface area (Å²) in [5, 5.41) is 22.6. The molecule has 0 aliphatic carbocycles. The number of rotatable bonds is 10. The van der Waals surface area contributed by atoms with Crippen LogP contribution in [-0.2, 0) is 19.2 Å². The lowest BCUT2D eigenvalue weighted by molar-refractivity contribution is -0.143. The largest absolute Gasteiger partial charge is 0.481 e. The van der Waals surface area contributed by atoms with Gasteiger partial charge in [0.15, 0.2) is 0 Å². The van der Waals surface area contributed by atoms with Gasteiger partial charge in [0.25, 0.3) is 0 Å². The lowest BCUT2D eigenvalue weighted by Crippen LogP contribution is -2.56. The number of amides is 2. The number of carboxylic acids is 2. The van der Waals surface area contributed by atoms with E-state index in [0.29, 0.717) is 0 Å². The SMILES string of the molecule is CC(C)CC(NC(=O)C(NC(=O)C(N)CC(=O)O)C(C)C)C(=O)O. The number of nitrogens with two attached hydrogens (primary N) is 1. The second kappa shape index (κ2) is 9.86. The molecule has 0 saturated carbocycles. The zero-order chi connectivity index (χ0) is 19.0. The van der Waals surface area contributed by atoms with Crippen LogP contribution < -0.4 is 16.4 Å². The van der Waals surface area contributed by atoms with Gasteiger partial charge in [0, 0.05) is 0 Å². The van der Waals surface area contributed by atoms with E-state index in [1.165, 1.54) is 0 Å². The Labute approximate surface area is 141 Å². The van der Waals surface area contributed by atoms with Gasteiger partial charge in [-0.1, -0.05) is 27.7 Å². The highest BCUT2D eigenvalue weighted by Crippen LogP contribution is 2.08. The first-order chi connectivity index (χ1) is 11.0. The van der Waals surface area contributed by atoms with Gasteiger partial charge in [-0.05, 0) is 18.3 Å². The van der Waals surface area contributed by atoms with Crippen molar-refractivity contribution in [2.75, 3.05) is 0 Å². The molecular formula is C15H27N3O6. The minimum Gasteiger partial charge on any atom is -0.481 e. The van der Waals surface area contributed by atoms with Gasteiger partial charge in [0.2, 0.25) is 11.8 Å². The molecule has 138 valence electrons. The second-order valence-corrected chi connectivity index (χ2v) is 6.46. The maximum absolute atomic E-state index is 12.3. The smallest absolute Gasteiger partial charge is 0.326 e. The van der Waals surface area contributed by atoms with Crippen molar-refractivity contribution in [1.29, 1.82) is 0 Å². The van der Waals surface area contributed by atoms with E-state index in [0.717, 1.165) is 0 Å².